The molecule has 1 amide bonds. The maximum atomic E-state index is 12.0. The van der Waals surface area contributed by atoms with Crippen LogP contribution < -0.4 is 5.32 Å². The van der Waals surface area contributed by atoms with Crippen LogP contribution in [0.2, 0.25) is 0 Å². The van der Waals surface area contributed by atoms with E-state index in [-0.39, 0.29) is 5.91 Å². The fourth-order valence-electron chi connectivity index (χ4n) is 2.94. The van der Waals surface area contributed by atoms with Crippen LogP contribution in [0, 0.1) is 0 Å². The Labute approximate surface area is 111 Å². The minimum Gasteiger partial charge on any atom is -0.347 e. The van der Waals surface area contributed by atoms with E-state index < -0.39 is 0 Å². The normalized spacial score (nSPS) is 28.3. The third kappa shape index (κ3) is 2.23. The summed E-state index contributed by atoms with van der Waals surface area (Å²) in [5, 5.41) is 5.07. The second-order valence-corrected chi connectivity index (χ2v) is 6.21. The van der Waals surface area contributed by atoms with E-state index in [4.69, 9.17) is 0 Å². The van der Waals surface area contributed by atoms with Crippen LogP contribution in [0.5, 0.6) is 0 Å². The van der Waals surface area contributed by atoms with Crippen molar-refractivity contribution in [1.82, 2.24) is 10.2 Å². The molecule has 2 atom stereocenters. The lowest BCUT2D eigenvalue weighted by molar-refractivity contribution is 0.0933. The third-order valence-corrected chi connectivity index (χ3v) is 5.09. The smallest absolute Gasteiger partial charge is 0.261 e. The van der Waals surface area contributed by atoms with Crippen LogP contribution in [0.3, 0.4) is 0 Å². The maximum absolute atomic E-state index is 12.0. The molecule has 0 radical (unpaired) electrons. The van der Waals surface area contributed by atoms with Crippen molar-refractivity contribution < 1.29 is 4.79 Å². The highest BCUT2D eigenvalue weighted by Crippen LogP contribution is 2.28. The van der Waals surface area contributed by atoms with Crippen LogP contribution in [0.1, 0.15) is 28.9 Å². The van der Waals surface area contributed by atoms with E-state index in [1.807, 2.05) is 11.4 Å². The van der Waals surface area contributed by atoms with Gasteiger partial charge in [-0.2, -0.15) is 0 Å². The number of rotatable bonds is 2. The number of fused-ring (bicyclic) bond motifs is 1. The fourth-order valence-corrected chi connectivity index (χ4v) is 3.99. The molecule has 2 unspecified atom stereocenters. The summed E-state index contributed by atoms with van der Waals surface area (Å²) in [6.45, 7) is 2.34. The Balaban J connectivity index is 1.65. The Morgan fingerprint density at radius 2 is 2.35 bits per heavy atom. The molecule has 5 heteroatoms. The van der Waals surface area contributed by atoms with Gasteiger partial charge in [-0.1, -0.05) is 0 Å². The van der Waals surface area contributed by atoms with Gasteiger partial charge < -0.3 is 5.32 Å². The summed E-state index contributed by atoms with van der Waals surface area (Å²) < 4.78 is 0. The van der Waals surface area contributed by atoms with Crippen LogP contribution in [-0.4, -0.2) is 36.0 Å². The monoisotopic (exact) mass is 268 g/mol. The predicted molar refractivity (Wildman–Crippen MR) is 72.0 cm³/mol. The van der Waals surface area contributed by atoms with Gasteiger partial charge in [0.1, 0.15) is 0 Å². The van der Waals surface area contributed by atoms with Crippen LogP contribution in [0.4, 0.5) is 0 Å². The molecule has 0 spiro atoms. The molecule has 3 rings (SSSR count). The van der Waals surface area contributed by atoms with Crippen LogP contribution >= 0.6 is 24.0 Å². The van der Waals surface area contributed by atoms with Gasteiger partial charge in [-0.15, -0.1) is 24.0 Å². The van der Waals surface area contributed by atoms with Gasteiger partial charge in [0, 0.05) is 28.9 Å². The highest BCUT2D eigenvalue weighted by atomic mass is 32.1. The lowest BCUT2D eigenvalue weighted by atomic mass is 10.1. The van der Waals surface area contributed by atoms with Gasteiger partial charge in [0.25, 0.3) is 5.91 Å². The molecule has 92 valence electrons. The zero-order valence-corrected chi connectivity index (χ0v) is 11.3. The Hall–Kier alpha value is -0.520. The minimum atomic E-state index is 0.0639. The highest BCUT2D eigenvalue weighted by molar-refractivity contribution is 7.80. The number of thiol groups is 1. The molecule has 2 saturated heterocycles. The summed E-state index contributed by atoms with van der Waals surface area (Å²) >= 11 is 5.70. The second kappa shape index (κ2) is 4.63. The zero-order valence-electron chi connectivity index (χ0n) is 9.56. The molecular weight excluding hydrogens is 252 g/mol. The zero-order chi connectivity index (χ0) is 11.8. The van der Waals surface area contributed by atoms with Gasteiger partial charge in [0.05, 0.1) is 4.88 Å². The number of amides is 1. The van der Waals surface area contributed by atoms with E-state index in [1.165, 1.54) is 30.7 Å². The summed E-state index contributed by atoms with van der Waals surface area (Å²) in [5.41, 5.74) is 0. The van der Waals surface area contributed by atoms with Gasteiger partial charge in [-0.3, -0.25) is 9.69 Å². The molecule has 0 bridgehead atoms. The van der Waals surface area contributed by atoms with Crippen molar-refractivity contribution in [2.24, 2.45) is 0 Å². The maximum Gasteiger partial charge on any atom is 0.261 e. The van der Waals surface area contributed by atoms with Crippen molar-refractivity contribution in [3.8, 4) is 0 Å². The molecule has 2 aliphatic heterocycles. The largest absolute Gasteiger partial charge is 0.347 e. The van der Waals surface area contributed by atoms with E-state index >= 15 is 0 Å². The quantitative estimate of drug-likeness (QED) is 0.804. The lowest BCUT2D eigenvalue weighted by Gasteiger charge is -2.20. The van der Waals surface area contributed by atoms with Crippen molar-refractivity contribution in [3.63, 3.8) is 0 Å². The van der Waals surface area contributed by atoms with Crippen molar-refractivity contribution >= 4 is 29.9 Å². The van der Waals surface area contributed by atoms with Gasteiger partial charge in [0.15, 0.2) is 0 Å². The molecule has 2 aliphatic rings. The first-order chi connectivity index (χ1) is 8.24. The molecular formula is C12H16N2OS2. The van der Waals surface area contributed by atoms with E-state index in [1.54, 1.807) is 0 Å². The highest BCUT2D eigenvalue weighted by Gasteiger charge is 2.37. The first-order valence-electron chi connectivity index (χ1n) is 6.06. The Bertz CT molecular complexity index is 432. The average Bonchev–Trinajstić information content (AvgIpc) is 2.96. The SMILES string of the molecule is O=C(NC1CCN2CCCC12)c1cc(S)cs1. The Kier molecular flexibility index (Phi) is 3.15. The topological polar surface area (TPSA) is 32.3 Å². The van der Waals surface area contributed by atoms with E-state index in [0.717, 1.165) is 22.7 Å². The van der Waals surface area contributed by atoms with Crippen LogP contribution in [-0.2, 0) is 0 Å². The standard InChI is InChI=1S/C12H16N2OS2/c15-12(11-6-8(16)7-17-11)13-9-3-5-14-4-1-2-10(9)14/h6-7,9-10,16H,1-5H2,(H,13,15). The molecule has 0 saturated carbocycles. The number of thiophene rings is 1. The number of carbonyl (C=O) groups excluding carboxylic acids is 1. The van der Waals surface area contributed by atoms with Crippen molar-refractivity contribution in [2.45, 2.75) is 36.2 Å². The van der Waals surface area contributed by atoms with Gasteiger partial charge in [0.2, 0.25) is 0 Å². The van der Waals surface area contributed by atoms with Crippen molar-refractivity contribution in [2.75, 3.05) is 13.1 Å². The third-order valence-electron chi connectivity index (χ3n) is 3.73. The van der Waals surface area contributed by atoms with Crippen molar-refractivity contribution in [3.05, 3.63) is 16.3 Å². The first-order valence-corrected chi connectivity index (χ1v) is 7.39. The molecule has 0 aliphatic carbocycles. The number of hydrogen-bond acceptors (Lipinski definition) is 4. The minimum absolute atomic E-state index is 0.0639. The fraction of sp³-hybridized carbons (Fsp3) is 0.583. The van der Waals surface area contributed by atoms with E-state index in [2.05, 4.69) is 22.8 Å². The molecule has 0 aromatic carbocycles. The molecule has 1 aromatic heterocycles. The molecule has 1 N–H and O–H groups in total. The van der Waals surface area contributed by atoms with E-state index in [0.29, 0.717) is 12.1 Å². The average molecular weight is 268 g/mol. The molecule has 3 heterocycles. The lowest BCUT2D eigenvalue weighted by Crippen LogP contribution is -2.42. The number of nitrogens with one attached hydrogen (secondary N) is 1. The molecule has 1 aromatic rings. The molecule has 3 nitrogen and oxygen atoms in total. The summed E-state index contributed by atoms with van der Waals surface area (Å²) in [5.74, 6) is 0.0639. The summed E-state index contributed by atoms with van der Waals surface area (Å²) in [6.07, 6.45) is 3.60. The van der Waals surface area contributed by atoms with Gasteiger partial charge in [-0.25, -0.2) is 0 Å². The van der Waals surface area contributed by atoms with Gasteiger partial charge >= 0.3 is 0 Å². The molecule has 2 fully saturated rings. The van der Waals surface area contributed by atoms with E-state index in [9.17, 15) is 4.79 Å². The molecule has 17 heavy (non-hydrogen) atoms. The number of nitrogens with zero attached hydrogens (tertiary/aromatic N) is 1. The summed E-state index contributed by atoms with van der Waals surface area (Å²) in [4.78, 5) is 16.2. The van der Waals surface area contributed by atoms with Crippen LogP contribution in [0.15, 0.2) is 16.3 Å². The van der Waals surface area contributed by atoms with Crippen molar-refractivity contribution in [1.29, 1.82) is 0 Å². The Morgan fingerprint density at radius 1 is 1.47 bits per heavy atom. The first kappa shape index (κ1) is 11.6. The number of carbonyl (C=O) groups is 1. The predicted octanol–water partition coefficient (Wildman–Crippen LogP) is 2.00. The Morgan fingerprint density at radius 3 is 3.12 bits per heavy atom. The number of hydrogen-bond donors (Lipinski definition) is 2. The second-order valence-electron chi connectivity index (χ2n) is 4.78. The summed E-state index contributed by atoms with van der Waals surface area (Å²) in [6, 6.07) is 2.76. The summed E-state index contributed by atoms with van der Waals surface area (Å²) in [7, 11) is 0. The van der Waals surface area contributed by atoms with Crippen LogP contribution in [0.25, 0.3) is 0 Å². The van der Waals surface area contributed by atoms with Gasteiger partial charge in [-0.05, 0) is 31.9 Å².